The van der Waals surface area contributed by atoms with Crippen LogP contribution in [0, 0.1) is 0 Å². The number of hydrogen-bond acceptors (Lipinski definition) is 7. The van der Waals surface area contributed by atoms with Crippen molar-refractivity contribution in [3.8, 4) is 11.5 Å². The molecule has 0 spiro atoms. The van der Waals surface area contributed by atoms with E-state index in [1.165, 1.54) is 11.2 Å². The molecule has 2 aromatic heterocycles. The molecule has 0 radical (unpaired) electrons. The monoisotopic (exact) mass is 453 g/mol. The average molecular weight is 454 g/mol. The number of furan rings is 1. The maximum atomic E-state index is 13.2. The van der Waals surface area contributed by atoms with Crippen LogP contribution in [0.4, 0.5) is 11.5 Å². The summed E-state index contributed by atoms with van der Waals surface area (Å²) in [5, 5.41) is 8.50. The summed E-state index contributed by atoms with van der Waals surface area (Å²) in [5.41, 5.74) is 2.35. The molecule has 2 aliphatic rings. The highest BCUT2D eigenvalue weighted by Gasteiger charge is 2.31. The van der Waals surface area contributed by atoms with Gasteiger partial charge in [0, 0.05) is 45.3 Å². The summed E-state index contributed by atoms with van der Waals surface area (Å²) in [6.07, 6.45) is 2.25. The van der Waals surface area contributed by atoms with E-state index < -0.39 is 10.0 Å². The Labute approximate surface area is 186 Å². The van der Waals surface area contributed by atoms with Crippen LogP contribution in [-0.4, -0.2) is 61.6 Å². The summed E-state index contributed by atoms with van der Waals surface area (Å²) >= 11 is 0. The second-order valence-corrected chi connectivity index (χ2v) is 9.79. The van der Waals surface area contributed by atoms with Crippen molar-refractivity contribution in [1.29, 1.82) is 0 Å². The fraction of sp³-hybridized carbons (Fsp3) is 0.318. The second-order valence-electron chi connectivity index (χ2n) is 7.86. The Morgan fingerprint density at radius 1 is 1.00 bits per heavy atom. The van der Waals surface area contributed by atoms with E-state index in [0.29, 0.717) is 56.4 Å². The topological polar surface area (TPSA) is 99.9 Å². The van der Waals surface area contributed by atoms with Gasteiger partial charge in [-0.25, -0.2) is 8.42 Å². The number of hydrogen-bond donors (Lipinski definition) is 0. The van der Waals surface area contributed by atoms with Gasteiger partial charge in [0.1, 0.15) is 5.69 Å². The van der Waals surface area contributed by atoms with Gasteiger partial charge in [-0.3, -0.25) is 4.79 Å². The highest BCUT2D eigenvalue weighted by atomic mass is 32.2. The molecule has 2 aliphatic heterocycles. The van der Waals surface area contributed by atoms with Gasteiger partial charge in [-0.15, -0.1) is 10.2 Å². The lowest BCUT2D eigenvalue weighted by Crippen LogP contribution is -2.49. The van der Waals surface area contributed by atoms with Crippen LogP contribution >= 0.6 is 0 Å². The number of anilines is 2. The maximum absolute atomic E-state index is 13.2. The largest absolute Gasteiger partial charge is 0.463 e. The van der Waals surface area contributed by atoms with Crippen molar-refractivity contribution in [2.75, 3.05) is 42.5 Å². The quantitative estimate of drug-likeness (QED) is 0.597. The maximum Gasteiger partial charge on any atom is 0.243 e. The van der Waals surface area contributed by atoms with Gasteiger partial charge in [0.15, 0.2) is 11.6 Å². The standard InChI is InChI=1S/C22H23N5O4S/c1-16(28)27-9-8-17-15-18(4-6-20(17)27)32(29,30)26-12-10-25(11-13-26)22-7-5-19(23-24-22)21-3-2-14-31-21/h2-7,14-15H,8-13H2,1H3. The summed E-state index contributed by atoms with van der Waals surface area (Å²) in [7, 11) is -3.61. The molecule has 0 saturated carbocycles. The first kappa shape index (κ1) is 20.7. The first-order chi connectivity index (χ1) is 15.4. The molecule has 3 aromatic rings. The Kier molecular flexibility index (Phi) is 5.18. The molecule has 1 amide bonds. The summed E-state index contributed by atoms with van der Waals surface area (Å²) in [4.78, 5) is 15.7. The molecule has 5 rings (SSSR count). The van der Waals surface area contributed by atoms with Gasteiger partial charge in [0.2, 0.25) is 15.9 Å². The van der Waals surface area contributed by atoms with Gasteiger partial charge >= 0.3 is 0 Å². The highest BCUT2D eigenvalue weighted by molar-refractivity contribution is 7.89. The number of aromatic nitrogens is 2. The molecular formula is C22H23N5O4S. The van der Waals surface area contributed by atoms with Gasteiger partial charge in [0.25, 0.3) is 0 Å². The zero-order valence-electron chi connectivity index (χ0n) is 17.6. The lowest BCUT2D eigenvalue weighted by Gasteiger charge is -2.34. The molecule has 0 N–H and O–H groups in total. The third-order valence-corrected chi connectivity index (χ3v) is 7.85. The highest BCUT2D eigenvalue weighted by Crippen LogP contribution is 2.31. The van der Waals surface area contributed by atoms with E-state index >= 15 is 0 Å². The first-order valence-corrected chi connectivity index (χ1v) is 11.9. The lowest BCUT2D eigenvalue weighted by molar-refractivity contribution is -0.116. The molecule has 9 nitrogen and oxygen atoms in total. The zero-order valence-corrected chi connectivity index (χ0v) is 18.5. The number of carbonyl (C=O) groups excluding carboxylic acids is 1. The van der Waals surface area contributed by atoms with E-state index in [1.54, 1.807) is 35.4 Å². The smallest absolute Gasteiger partial charge is 0.243 e. The molecule has 0 unspecified atom stereocenters. The molecule has 1 aromatic carbocycles. The number of carbonyl (C=O) groups is 1. The number of fused-ring (bicyclic) bond motifs is 1. The number of nitrogens with zero attached hydrogens (tertiary/aromatic N) is 5. The summed E-state index contributed by atoms with van der Waals surface area (Å²) < 4.78 is 33.3. The van der Waals surface area contributed by atoms with Crippen molar-refractivity contribution in [3.05, 3.63) is 54.3 Å². The molecule has 10 heteroatoms. The molecule has 0 aliphatic carbocycles. The van der Waals surface area contributed by atoms with Gasteiger partial charge in [-0.1, -0.05) is 0 Å². The van der Waals surface area contributed by atoms with Crippen LogP contribution in [0.2, 0.25) is 0 Å². The lowest BCUT2D eigenvalue weighted by atomic mass is 10.2. The minimum absolute atomic E-state index is 0.0317. The summed E-state index contributed by atoms with van der Waals surface area (Å²) in [6.45, 7) is 3.89. The van der Waals surface area contributed by atoms with Crippen LogP contribution in [0.1, 0.15) is 12.5 Å². The minimum Gasteiger partial charge on any atom is -0.463 e. The normalized spacial score (nSPS) is 16.9. The number of piperazine rings is 1. The molecular weight excluding hydrogens is 430 g/mol. The third kappa shape index (κ3) is 3.65. The van der Waals surface area contributed by atoms with Crippen molar-refractivity contribution >= 4 is 27.4 Å². The molecule has 1 saturated heterocycles. The van der Waals surface area contributed by atoms with Crippen molar-refractivity contribution in [2.45, 2.75) is 18.2 Å². The molecule has 0 atom stereocenters. The van der Waals surface area contributed by atoms with Crippen molar-refractivity contribution in [2.24, 2.45) is 0 Å². The molecule has 32 heavy (non-hydrogen) atoms. The van der Waals surface area contributed by atoms with Crippen LogP contribution in [0.15, 0.2) is 58.0 Å². The average Bonchev–Trinajstić information content (AvgIpc) is 3.49. The zero-order chi connectivity index (χ0) is 22.3. The van der Waals surface area contributed by atoms with E-state index in [1.807, 2.05) is 23.1 Å². The third-order valence-electron chi connectivity index (χ3n) is 5.95. The van der Waals surface area contributed by atoms with Gasteiger partial charge in [-0.2, -0.15) is 4.31 Å². The number of rotatable bonds is 4. The van der Waals surface area contributed by atoms with Gasteiger partial charge in [0.05, 0.1) is 11.2 Å². The Hall–Kier alpha value is -3.24. The number of sulfonamides is 1. The van der Waals surface area contributed by atoms with E-state index in [4.69, 9.17) is 4.42 Å². The van der Waals surface area contributed by atoms with Crippen LogP contribution in [0.25, 0.3) is 11.5 Å². The minimum atomic E-state index is -3.61. The van der Waals surface area contributed by atoms with E-state index in [-0.39, 0.29) is 10.8 Å². The number of benzene rings is 1. The molecule has 0 bridgehead atoms. The van der Waals surface area contributed by atoms with Crippen LogP contribution in [-0.2, 0) is 21.2 Å². The first-order valence-electron chi connectivity index (χ1n) is 10.5. The van der Waals surface area contributed by atoms with Crippen LogP contribution in [0.3, 0.4) is 0 Å². The Bertz CT molecular complexity index is 1230. The molecule has 1 fully saturated rings. The van der Waals surface area contributed by atoms with Crippen LogP contribution < -0.4 is 9.80 Å². The summed E-state index contributed by atoms with van der Waals surface area (Å²) in [6, 6.07) is 12.4. The van der Waals surface area contributed by atoms with Crippen molar-refractivity contribution in [1.82, 2.24) is 14.5 Å². The van der Waals surface area contributed by atoms with Crippen molar-refractivity contribution < 1.29 is 17.6 Å². The van der Waals surface area contributed by atoms with E-state index in [9.17, 15) is 13.2 Å². The predicted molar refractivity (Wildman–Crippen MR) is 119 cm³/mol. The Balaban J connectivity index is 1.27. The Morgan fingerprint density at radius 3 is 2.47 bits per heavy atom. The summed E-state index contributed by atoms with van der Waals surface area (Å²) in [5.74, 6) is 1.33. The van der Waals surface area contributed by atoms with Gasteiger partial charge in [-0.05, 0) is 54.4 Å². The van der Waals surface area contributed by atoms with E-state index in [0.717, 1.165) is 11.3 Å². The van der Waals surface area contributed by atoms with E-state index in [2.05, 4.69) is 10.2 Å². The van der Waals surface area contributed by atoms with Gasteiger partial charge < -0.3 is 14.2 Å². The Morgan fingerprint density at radius 2 is 1.81 bits per heavy atom. The fourth-order valence-corrected chi connectivity index (χ4v) is 5.70. The SMILES string of the molecule is CC(=O)N1CCc2cc(S(=O)(=O)N3CCN(c4ccc(-c5ccco5)nn4)CC3)ccc21. The van der Waals surface area contributed by atoms with Crippen molar-refractivity contribution in [3.63, 3.8) is 0 Å². The molecule has 166 valence electrons. The predicted octanol–water partition coefficient (Wildman–Crippen LogP) is 2.16. The van der Waals surface area contributed by atoms with Crippen LogP contribution in [0.5, 0.6) is 0 Å². The molecule has 4 heterocycles. The number of amides is 1. The fourth-order valence-electron chi connectivity index (χ4n) is 4.22. The second kappa shape index (κ2) is 8.03.